The number of hydrogen-bond donors (Lipinski definition) is 1. The number of hydrogen-bond acceptors (Lipinski definition) is 7. The van der Waals surface area contributed by atoms with Crippen LogP contribution in [0.15, 0.2) is 23.3 Å². The first-order valence-electron chi connectivity index (χ1n) is 4.58. The third-order valence-electron chi connectivity index (χ3n) is 1.89. The smallest absolute Gasteiger partial charge is 0.271 e. The van der Waals surface area contributed by atoms with Crippen LogP contribution in [-0.4, -0.2) is 17.7 Å². The standard InChI is InChI=1S/C10H7N5O3/c1-18-10-3-2-8(15(16)17)4-9(10)14-13-7(5-11)6-12/h2-4,14H,1H3. The number of nitrogens with one attached hydrogen (secondary N) is 1. The van der Waals surface area contributed by atoms with Gasteiger partial charge in [-0.2, -0.15) is 15.6 Å². The van der Waals surface area contributed by atoms with Crippen molar-refractivity contribution in [2.75, 3.05) is 12.5 Å². The van der Waals surface area contributed by atoms with E-state index in [-0.39, 0.29) is 11.4 Å². The summed E-state index contributed by atoms with van der Waals surface area (Å²) < 4.78 is 4.96. The van der Waals surface area contributed by atoms with Crippen LogP contribution < -0.4 is 10.2 Å². The molecule has 0 saturated carbocycles. The van der Waals surface area contributed by atoms with Gasteiger partial charge >= 0.3 is 0 Å². The summed E-state index contributed by atoms with van der Waals surface area (Å²) in [5.74, 6) is 0.305. The Labute approximate surface area is 102 Å². The van der Waals surface area contributed by atoms with Gasteiger partial charge in [0.2, 0.25) is 5.71 Å². The molecule has 0 amide bonds. The largest absolute Gasteiger partial charge is 0.495 e. The Morgan fingerprint density at radius 2 is 2.17 bits per heavy atom. The minimum absolute atomic E-state index is 0.163. The molecule has 8 nitrogen and oxygen atoms in total. The van der Waals surface area contributed by atoms with E-state index in [1.54, 1.807) is 12.1 Å². The zero-order valence-corrected chi connectivity index (χ0v) is 9.25. The van der Waals surface area contributed by atoms with Gasteiger partial charge in [0.25, 0.3) is 5.69 Å². The average Bonchev–Trinajstić information content (AvgIpc) is 2.39. The van der Waals surface area contributed by atoms with Gasteiger partial charge in [0.1, 0.15) is 23.6 Å². The molecule has 0 atom stereocenters. The van der Waals surface area contributed by atoms with E-state index in [0.717, 1.165) is 0 Å². The molecule has 0 unspecified atom stereocenters. The number of nitriles is 2. The molecule has 0 aromatic heterocycles. The molecule has 0 heterocycles. The Morgan fingerprint density at radius 3 is 2.67 bits per heavy atom. The summed E-state index contributed by atoms with van der Waals surface area (Å²) in [4.78, 5) is 10.0. The van der Waals surface area contributed by atoms with Crippen LogP contribution >= 0.6 is 0 Å². The molecule has 0 radical (unpaired) electrons. The maximum atomic E-state index is 10.6. The van der Waals surface area contributed by atoms with Crippen LogP contribution in [0.4, 0.5) is 11.4 Å². The molecular weight excluding hydrogens is 238 g/mol. The molecule has 0 spiro atoms. The molecule has 0 aliphatic heterocycles. The number of ether oxygens (including phenoxy) is 1. The SMILES string of the molecule is COc1ccc([N+](=O)[O-])cc1NN=C(C#N)C#N. The van der Waals surface area contributed by atoms with Crippen LogP contribution in [0.5, 0.6) is 5.75 Å². The van der Waals surface area contributed by atoms with Gasteiger partial charge in [0.15, 0.2) is 0 Å². The fraction of sp³-hybridized carbons (Fsp3) is 0.100. The molecule has 90 valence electrons. The first kappa shape index (κ1) is 12.9. The van der Waals surface area contributed by atoms with Crippen LogP contribution in [0, 0.1) is 32.8 Å². The second kappa shape index (κ2) is 5.82. The molecule has 8 heteroatoms. The van der Waals surface area contributed by atoms with E-state index in [1.807, 2.05) is 0 Å². The van der Waals surface area contributed by atoms with E-state index < -0.39 is 10.6 Å². The maximum absolute atomic E-state index is 10.6. The monoisotopic (exact) mass is 245 g/mol. The lowest BCUT2D eigenvalue weighted by molar-refractivity contribution is -0.384. The Hall–Kier alpha value is -3.13. The molecule has 1 N–H and O–H groups in total. The van der Waals surface area contributed by atoms with Crippen LogP contribution in [0.25, 0.3) is 0 Å². The molecule has 1 rings (SSSR count). The van der Waals surface area contributed by atoms with E-state index in [4.69, 9.17) is 15.3 Å². The molecule has 0 aliphatic carbocycles. The van der Waals surface area contributed by atoms with Crippen molar-refractivity contribution in [3.63, 3.8) is 0 Å². The second-order valence-electron chi connectivity index (χ2n) is 2.94. The molecular formula is C10H7N5O3. The highest BCUT2D eigenvalue weighted by atomic mass is 16.6. The van der Waals surface area contributed by atoms with Crippen molar-refractivity contribution in [3.05, 3.63) is 28.3 Å². The minimum atomic E-state index is -0.580. The molecule has 0 fully saturated rings. The van der Waals surface area contributed by atoms with E-state index in [9.17, 15) is 10.1 Å². The predicted molar refractivity (Wildman–Crippen MR) is 61.9 cm³/mol. The van der Waals surface area contributed by atoms with Crippen molar-refractivity contribution in [2.45, 2.75) is 0 Å². The number of nitro benzene ring substituents is 1. The summed E-state index contributed by atoms with van der Waals surface area (Å²) in [6, 6.07) is 6.94. The number of non-ortho nitro benzene ring substituents is 1. The normalized spacial score (nSPS) is 8.61. The first-order chi connectivity index (χ1) is 8.62. The Balaban J connectivity index is 3.11. The average molecular weight is 245 g/mol. The summed E-state index contributed by atoms with van der Waals surface area (Å²) in [5, 5.41) is 31.1. The molecule has 1 aromatic carbocycles. The fourth-order valence-electron chi connectivity index (χ4n) is 1.09. The zero-order valence-electron chi connectivity index (χ0n) is 9.25. The topological polar surface area (TPSA) is 124 Å². The summed E-state index contributed by atoms with van der Waals surface area (Å²) in [6.07, 6.45) is 0. The van der Waals surface area contributed by atoms with E-state index >= 15 is 0 Å². The summed E-state index contributed by atoms with van der Waals surface area (Å²) in [6.45, 7) is 0. The Bertz CT molecular complexity index is 566. The van der Waals surface area contributed by atoms with Gasteiger partial charge in [-0.3, -0.25) is 15.5 Å². The predicted octanol–water partition coefficient (Wildman–Crippen LogP) is 1.42. The van der Waals surface area contributed by atoms with Gasteiger partial charge in [-0.05, 0) is 6.07 Å². The molecule has 0 bridgehead atoms. The van der Waals surface area contributed by atoms with Crippen molar-refractivity contribution in [2.24, 2.45) is 5.10 Å². The van der Waals surface area contributed by atoms with E-state index in [2.05, 4.69) is 10.5 Å². The van der Waals surface area contributed by atoms with Crippen molar-refractivity contribution in [3.8, 4) is 17.9 Å². The van der Waals surface area contributed by atoms with Gasteiger partial charge in [-0.1, -0.05) is 0 Å². The summed E-state index contributed by atoms with van der Waals surface area (Å²) in [5.41, 5.74) is 2.00. The number of benzene rings is 1. The summed E-state index contributed by atoms with van der Waals surface area (Å²) in [7, 11) is 1.38. The van der Waals surface area contributed by atoms with Crippen LogP contribution in [-0.2, 0) is 0 Å². The van der Waals surface area contributed by atoms with Gasteiger partial charge in [0, 0.05) is 12.1 Å². The number of nitrogens with zero attached hydrogens (tertiary/aromatic N) is 4. The van der Waals surface area contributed by atoms with Gasteiger partial charge < -0.3 is 4.74 Å². The number of rotatable bonds is 4. The number of nitro groups is 1. The molecule has 18 heavy (non-hydrogen) atoms. The zero-order chi connectivity index (χ0) is 13.5. The van der Waals surface area contributed by atoms with Crippen LogP contribution in [0.3, 0.4) is 0 Å². The Morgan fingerprint density at radius 1 is 1.50 bits per heavy atom. The first-order valence-corrected chi connectivity index (χ1v) is 4.58. The third kappa shape index (κ3) is 2.93. The van der Waals surface area contributed by atoms with Gasteiger partial charge in [0.05, 0.1) is 12.0 Å². The lowest BCUT2D eigenvalue weighted by Gasteiger charge is -2.06. The fourth-order valence-corrected chi connectivity index (χ4v) is 1.09. The molecule has 0 aliphatic rings. The number of anilines is 1. The highest BCUT2D eigenvalue weighted by Gasteiger charge is 2.11. The van der Waals surface area contributed by atoms with Crippen LogP contribution in [0.2, 0.25) is 0 Å². The highest BCUT2D eigenvalue weighted by molar-refractivity contribution is 6.10. The lowest BCUT2D eigenvalue weighted by atomic mass is 10.2. The lowest BCUT2D eigenvalue weighted by Crippen LogP contribution is -1.99. The molecule has 0 saturated heterocycles. The second-order valence-corrected chi connectivity index (χ2v) is 2.94. The van der Waals surface area contributed by atoms with Crippen molar-refractivity contribution < 1.29 is 9.66 Å². The third-order valence-corrected chi connectivity index (χ3v) is 1.89. The maximum Gasteiger partial charge on any atom is 0.271 e. The quantitative estimate of drug-likeness (QED) is 0.485. The van der Waals surface area contributed by atoms with E-state index in [0.29, 0.717) is 5.75 Å². The minimum Gasteiger partial charge on any atom is -0.495 e. The van der Waals surface area contributed by atoms with E-state index in [1.165, 1.54) is 25.3 Å². The van der Waals surface area contributed by atoms with Crippen LogP contribution in [0.1, 0.15) is 0 Å². The number of hydrazone groups is 1. The van der Waals surface area contributed by atoms with Crippen molar-refractivity contribution >= 4 is 17.1 Å². The van der Waals surface area contributed by atoms with Gasteiger partial charge in [-0.15, -0.1) is 0 Å². The summed E-state index contributed by atoms with van der Waals surface area (Å²) >= 11 is 0. The number of methoxy groups -OCH3 is 1. The van der Waals surface area contributed by atoms with Crippen molar-refractivity contribution in [1.82, 2.24) is 0 Å². The van der Waals surface area contributed by atoms with Gasteiger partial charge in [-0.25, -0.2) is 0 Å². The van der Waals surface area contributed by atoms with Crippen molar-refractivity contribution in [1.29, 1.82) is 10.5 Å². The Kier molecular flexibility index (Phi) is 4.18. The highest BCUT2D eigenvalue weighted by Crippen LogP contribution is 2.28. The molecule has 1 aromatic rings.